The number of hydrogen-bond acceptors (Lipinski definition) is 2. The molecule has 0 radical (unpaired) electrons. The summed E-state index contributed by atoms with van der Waals surface area (Å²) in [5.74, 6) is 0.203. The van der Waals surface area contributed by atoms with Crippen molar-refractivity contribution in [1.29, 1.82) is 0 Å². The van der Waals surface area contributed by atoms with E-state index in [0.29, 0.717) is 12.1 Å². The molecule has 1 amide bonds. The van der Waals surface area contributed by atoms with Gasteiger partial charge in [-0.05, 0) is 25.0 Å². The standard InChI is InChI=1S/C13H16N2O.ClH/c16-13(10-4-2-1-3-5-10)15-11-6-7-12(15)9-14-8-11;/h1-5,11-12,14H,6-9H2;1H. The van der Waals surface area contributed by atoms with Crippen LogP contribution < -0.4 is 5.32 Å². The summed E-state index contributed by atoms with van der Waals surface area (Å²) >= 11 is 0. The number of carbonyl (C=O) groups excluding carboxylic acids is 1. The first kappa shape index (κ1) is 12.4. The summed E-state index contributed by atoms with van der Waals surface area (Å²) in [7, 11) is 0. The van der Waals surface area contributed by atoms with Crippen LogP contribution in [0.15, 0.2) is 30.3 Å². The average molecular weight is 253 g/mol. The fourth-order valence-electron chi connectivity index (χ4n) is 2.84. The second-order valence-electron chi connectivity index (χ2n) is 4.62. The molecule has 2 bridgehead atoms. The minimum atomic E-state index is 0. The van der Waals surface area contributed by atoms with Gasteiger partial charge in [-0.15, -0.1) is 12.4 Å². The van der Waals surface area contributed by atoms with Gasteiger partial charge in [0.05, 0.1) is 0 Å². The van der Waals surface area contributed by atoms with E-state index >= 15 is 0 Å². The van der Waals surface area contributed by atoms with Crippen molar-refractivity contribution in [1.82, 2.24) is 10.2 Å². The van der Waals surface area contributed by atoms with Crippen LogP contribution >= 0.6 is 12.4 Å². The van der Waals surface area contributed by atoms with Gasteiger partial charge in [-0.1, -0.05) is 18.2 Å². The predicted octanol–water partition coefficient (Wildman–Crippen LogP) is 1.68. The molecule has 2 unspecified atom stereocenters. The van der Waals surface area contributed by atoms with Crippen LogP contribution in [0.2, 0.25) is 0 Å². The van der Waals surface area contributed by atoms with Crippen LogP contribution in [0.25, 0.3) is 0 Å². The zero-order valence-corrected chi connectivity index (χ0v) is 10.5. The molecular weight excluding hydrogens is 236 g/mol. The highest BCUT2D eigenvalue weighted by Crippen LogP contribution is 2.28. The van der Waals surface area contributed by atoms with Crippen molar-refractivity contribution in [3.05, 3.63) is 35.9 Å². The van der Waals surface area contributed by atoms with Crippen LogP contribution in [0, 0.1) is 0 Å². The minimum absolute atomic E-state index is 0. The van der Waals surface area contributed by atoms with Gasteiger partial charge >= 0.3 is 0 Å². The summed E-state index contributed by atoms with van der Waals surface area (Å²) < 4.78 is 0. The molecule has 17 heavy (non-hydrogen) atoms. The molecule has 1 aromatic carbocycles. The average Bonchev–Trinajstić information content (AvgIpc) is 2.59. The topological polar surface area (TPSA) is 32.3 Å². The third kappa shape index (κ3) is 2.17. The molecule has 1 aromatic rings. The Bertz CT molecular complexity index is 380. The number of nitrogens with zero attached hydrogens (tertiary/aromatic N) is 1. The molecule has 0 aromatic heterocycles. The first-order chi connectivity index (χ1) is 7.86. The molecule has 3 nitrogen and oxygen atoms in total. The van der Waals surface area contributed by atoms with Crippen LogP contribution in [-0.4, -0.2) is 36.0 Å². The summed E-state index contributed by atoms with van der Waals surface area (Å²) in [4.78, 5) is 14.4. The number of nitrogens with one attached hydrogen (secondary N) is 1. The number of hydrogen-bond donors (Lipinski definition) is 1. The smallest absolute Gasteiger partial charge is 0.254 e. The summed E-state index contributed by atoms with van der Waals surface area (Å²) in [5, 5.41) is 3.39. The molecule has 0 saturated carbocycles. The first-order valence-electron chi connectivity index (χ1n) is 5.94. The Hall–Kier alpha value is -1.06. The molecule has 2 heterocycles. The summed E-state index contributed by atoms with van der Waals surface area (Å²) in [6.45, 7) is 1.91. The van der Waals surface area contributed by atoms with E-state index in [0.717, 1.165) is 31.5 Å². The lowest BCUT2D eigenvalue weighted by Crippen LogP contribution is -2.54. The van der Waals surface area contributed by atoms with Crippen molar-refractivity contribution in [2.45, 2.75) is 24.9 Å². The van der Waals surface area contributed by atoms with E-state index in [2.05, 4.69) is 10.2 Å². The van der Waals surface area contributed by atoms with Crippen LogP contribution in [0.3, 0.4) is 0 Å². The van der Waals surface area contributed by atoms with Crippen LogP contribution in [0.5, 0.6) is 0 Å². The van der Waals surface area contributed by atoms with Gasteiger partial charge in [-0.25, -0.2) is 0 Å². The number of rotatable bonds is 1. The molecule has 2 fully saturated rings. The first-order valence-corrected chi connectivity index (χ1v) is 5.94. The summed E-state index contributed by atoms with van der Waals surface area (Å²) in [5.41, 5.74) is 0.821. The van der Waals surface area contributed by atoms with Crippen LogP contribution in [-0.2, 0) is 0 Å². The maximum absolute atomic E-state index is 12.4. The Morgan fingerprint density at radius 1 is 1.12 bits per heavy atom. The highest BCUT2D eigenvalue weighted by molar-refractivity contribution is 5.94. The van der Waals surface area contributed by atoms with E-state index in [9.17, 15) is 4.79 Å². The highest BCUT2D eigenvalue weighted by Gasteiger charge is 2.39. The van der Waals surface area contributed by atoms with E-state index in [1.54, 1.807) is 0 Å². The molecular formula is C13H17ClN2O. The van der Waals surface area contributed by atoms with Crippen molar-refractivity contribution in [2.75, 3.05) is 13.1 Å². The van der Waals surface area contributed by atoms with Gasteiger partial charge in [0.15, 0.2) is 0 Å². The lowest BCUT2D eigenvalue weighted by Gasteiger charge is -2.35. The Labute approximate surface area is 108 Å². The maximum Gasteiger partial charge on any atom is 0.254 e. The van der Waals surface area contributed by atoms with Gasteiger partial charge in [0.1, 0.15) is 0 Å². The third-order valence-corrected chi connectivity index (χ3v) is 3.64. The van der Waals surface area contributed by atoms with Crippen molar-refractivity contribution < 1.29 is 4.79 Å². The van der Waals surface area contributed by atoms with Crippen molar-refractivity contribution in [3.8, 4) is 0 Å². The quantitative estimate of drug-likeness (QED) is 0.825. The van der Waals surface area contributed by atoms with E-state index in [-0.39, 0.29) is 18.3 Å². The lowest BCUT2D eigenvalue weighted by atomic mass is 10.1. The summed E-state index contributed by atoms with van der Waals surface area (Å²) in [6.07, 6.45) is 2.30. The van der Waals surface area contributed by atoms with E-state index < -0.39 is 0 Å². The van der Waals surface area contributed by atoms with E-state index in [4.69, 9.17) is 0 Å². The van der Waals surface area contributed by atoms with Gasteiger partial charge in [0, 0.05) is 30.7 Å². The van der Waals surface area contributed by atoms with Gasteiger partial charge < -0.3 is 10.2 Å². The molecule has 2 aliphatic heterocycles. The molecule has 2 atom stereocenters. The fraction of sp³-hybridized carbons (Fsp3) is 0.462. The largest absolute Gasteiger partial charge is 0.330 e. The summed E-state index contributed by atoms with van der Waals surface area (Å²) in [6, 6.07) is 10.4. The Kier molecular flexibility index (Phi) is 3.69. The van der Waals surface area contributed by atoms with Gasteiger partial charge in [-0.3, -0.25) is 4.79 Å². The van der Waals surface area contributed by atoms with Crippen LogP contribution in [0.1, 0.15) is 23.2 Å². The zero-order valence-electron chi connectivity index (χ0n) is 9.63. The lowest BCUT2D eigenvalue weighted by molar-refractivity contribution is 0.0619. The van der Waals surface area contributed by atoms with Crippen molar-refractivity contribution in [2.24, 2.45) is 0 Å². The molecule has 2 aliphatic rings. The second-order valence-corrected chi connectivity index (χ2v) is 4.62. The van der Waals surface area contributed by atoms with Crippen molar-refractivity contribution in [3.63, 3.8) is 0 Å². The highest BCUT2D eigenvalue weighted by atomic mass is 35.5. The predicted molar refractivity (Wildman–Crippen MR) is 69.5 cm³/mol. The number of halogens is 1. The van der Waals surface area contributed by atoms with E-state index in [1.165, 1.54) is 0 Å². The molecule has 3 rings (SSSR count). The van der Waals surface area contributed by atoms with Gasteiger partial charge in [0.25, 0.3) is 5.91 Å². The van der Waals surface area contributed by atoms with Gasteiger partial charge in [-0.2, -0.15) is 0 Å². The molecule has 92 valence electrons. The Balaban J connectivity index is 0.00000108. The Morgan fingerprint density at radius 2 is 1.71 bits per heavy atom. The number of carbonyl (C=O) groups is 1. The van der Waals surface area contributed by atoms with Gasteiger partial charge in [0.2, 0.25) is 0 Å². The SMILES string of the molecule is Cl.O=C(c1ccccc1)N1C2CCC1CNC2. The van der Waals surface area contributed by atoms with Crippen molar-refractivity contribution >= 4 is 18.3 Å². The number of amides is 1. The van der Waals surface area contributed by atoms with E-state index in [1.807, 2.05) is 30.3 Å². The molecule has 1 N–H and O–H groups in total. The number of piperazine rings is 1. The monoisotopic (exact) mass is 252 g/mol. The minimum Gasteiger partial charge on any atom is -0.330 e. The van der Waals surface area contributed by atoms with Crippen LogP contribution in [0.4, 0.5) is 0 Å². The number of benzene rings is 1. The molecule has 4 heteroatoms. The normalized spacial score (nSPS) is 26.5. The molecule has 0 aliphatic carbocycles. The number of fused-ring (bicyclic) bond motifs is 2. The molecule has 0 spiro atoms. The maximum atomic E-state index is 12.4. The fourth-order valence-corrected chi connectivity index (χ4v) is 2.84. The second kappa shape index (κ2) is 5.07. The molecule has 2 saturated heterocycles. The third-order valence-electron chi connectivity index (χ3n) is 3.64. The zero-order chi connectivity index (χ0) is 11.0. The Morgan fingerprint density at radius 3 is 2.29 bits per heavy atom.